The number of rotatable bonds is 12. The van der Waals surface area contributed by atoms with Crippen LogP contribution in [-0.2, 0) is 26.2 Å². The molecule has 0 saturated heterocycles. The Kier molecular flexibility index (Phi) is 10.6. The van der Waals surface area contributed by atoms with Gasteiger partial charge in [-0.1, -0.05) is 77.3 Å². The third-order valence-electron chi connectivity index (χ3n) is 7.85. The average molecular weight is 691 g/mol. The van der Waals surface area contributed by atoms with Gasteiger partial charge in [0, 0.05) is 17.1 Å². The maximum atomic E-state index is 14.2. The predicted molar refractivity (Wildman–Crippen MR) is 178 cm³/mol. The molecule has 0 spiro atoms. The van der Waals surface area contributed by atoms with Gasteiger partial charge in [-0.2, -0.15) is 0 Å². The molecule has 2 amide bonds. The van der Waals surface area contributed by atoms with E-state index in [-0.39, 0.29) is 23.4 Å². The molecule has 0 aromatic heterocycles. The fourth-order valence-electron chi connectivity index (χ4n) is 5.31. The molecule has 1 aliphatic carbocycles. The van der Waals surface area contributed by atoms with Crippen molar-refractivity contribution in [3.05, 3.63) is 119 Å². The molecule has 1 saturated carbocycles. The number of ether oxygens (including phenoxy) is 1. The summed E-state index contributed by atoms with van der Waals surface area (Å²) in [5, 5.41) is 3.09. The van der Waals surface area contributed by atoms with Crippen LogP contribution >= 0.6 is 15.9 Å². The van der Waals surface area contributed by atoms with Crippen molar-refractivity contribution in [1.82, 2.24) is 10.2 Å². The van der Waals surface area contributed by atoms with Crippen LogP contribution in [0, 0.1) is 0 Å². The van der Waals surface area contributed by atoms with Crippen molar-refractivity contribution in [2.45, 2.75) is 56.1 Å². The molecule has 4 aromatic rings. The molecule has 0 aliphatic heterocycles. The van der Waals surface area contributed by atoms with Crippen LogP contribution in [0.25, 0.3) is 0 Å². The summed E-state index contributed by atoms with van der Waals surface area (Å²) in [5.41, 5.74) is 1.10. The molecule has 1 fully saturated rings. The Bertz CT molecular complexity index is 1680. The van der Waals surface area contributed by atoms with Crippen molar-refractivity contribution in [3.63, 3.8) is 0 Å². The van der Waals surface area contributed by atoms with Crippen LogP contribution in [-0.4, -0.2) is 43.8 Å². The average Bonchev–Trinajstić information content (AvgIpc) is 3.57. The minimum Gasteiger partial charge on any atom is -0.457 e. The number of para-hydroxylation sites is 1. The van der Waals surface area contributed by atoms with E-state index in [9.17, 15) is 18.0 Å². The topological polar surface area (TPSA) is 96.0 Å². The Morgan fingerprint density at radius 3 is 2.04 bits per heavy atom. The largest absolute Gasteiger partial charge is 0.457 e. The summed E-state index contributed by atoms with van der Waals surface area (Å²) in [6.45, 7) is 1.31. The van der Waals surface area contributed by atoms with Crippen molar-refractivity contribution in [1.29, 1.82) is 0 Å². The fraction of sp³-hybridized carbons (Fsp3) is 0.257. The first kappa shape index (κ1) is 32.2. The zero-order valence-electron chi connectivity index (χ0n) is 25.0. The second-order valence-corrected chi connectivity index (χ2v) is 13.8. The molecule has 5 rings (SSSR count). The number of benzene rings is 4. The Balaban J connectivity index is 1.45. The Labute approximate surface area is 273 Å². The normalized spacial score (nSPS) is 14.0. The van der Waals surface area contributed by atoms with Gasteiger partial charge in [0.05, 0.1) is 10.6 Å². The molecule has 0 unspecified atom stereocenters. The quantitative estimate of drug-likeness (QED) is 0.174. The van der Waals surface area contributed by atoms with Gasteiger partial charge < -0.3 is 15.0 Å². The number of hydrogen-bond donors (Lipinski definition) is 1. The van der Waals surface area contributed by atoms with E-state index < -0.39 is 28.5 Å². The van der Waals surface area contributed by atoms with Gasteiger partial charge in [0.25, 0.3) is 10.0 Å². The molecule has 8 nitrogen and oxygen atoms in total. The molecule has 234 valence electrons. The molecule has 1 aliphatic rings. The molecule has 4 aromatic carbocycles. The summed E-state index contributed by atoms with van der Waals surface area (Å²) in [4.78, 5) is 29.1. The maximum Gasteiger partial charge on any atom is 0.264 e. The minimum absolute atomic E-state index is 0.0499. The third kappa shape index (κ3) is 8.32. The zero-order valence-corrected chi connectivity index (χ0v) is 27.4. The number of amides is 2. The third-order valence-corrected chi connectivity index (χ3v) is 10.2. The van der Waals surface area contributed by atoms with Crippen molar-refractivity contribution in [2.75, 3.05) is 10.8 Å². The lowest BCUT2D eigenvalue weighted by Gasteiger charge is -2.32. The second kappa shape index (κ2) is 14.8. The molecule has 0 bridgehead atoms. The first-order valence-corrected chi connectivity index (χ1v) is 17.2. The van der Waals surface area contributed by atoms with E-state index in [1.165, 1.54) is 17.0 Å². The summed E-state index contributed by atoms with van der Waals surface area (Å²) >= 11 is 3.44. The van der Waals surface area contributed by atoms with Gasteiger partial charge >= 0.3 is 0 Å². The zero-order chi connectivity index (χ0) is 31.8. The van der Waals surface area contributed by atoms with Gasteiger partial charge in [-0.15, -0.1) is 0 Å². The van der Waals surface area contributed by atoms with Crippen LogP contribution in [0.2, 0.25) is 0 Å². The van der Waals surface area contributed by atoms with Crippen molar-refractivity contribution >= 4 is 43.5 Å². The number of nitrogens with one attached hydrogen (secondary N) is 1. The number of carbonyl (C=O) groups excluding carboxylic acids is 2. The van der Waals surface area contributed by atoms with Crippen LogP contribution in [0.5, 0.6) is 11.5 Å². The minimum atomic E-state index is -4.16. The number of anilines is 1. The van der Waals surface area contributed by atoms with Crippen molar-refractivity contribution in [3.8, 4) is 11.5 Å². The van der Waals surface area contributed by atoms with Gasteiger partial charge in [-0.25, -0.2) is 8.42 Å². The molecule has 10 heteroatoms. The Morgan fingerprint density at radius 2 is 1.42 bits per heavy atom. The fourth-order valence-corrected chi connectivity index (χ4v) is 7.01. The van der Waals surface area contributed by atoms with Crippen LogP contribution in [0.1, 0.15) is 38.2 Å². The van der Waals surface area contributed by atoms with E-state index in [0.717, 1.165) is 40.0 Å². The highest BCUT2D eigenvalue weighted by Crippen LogP contribution is 2.29. The van der Waals surface area contributed by atoms with Gasteiger partial charge in [-0.3, -0.25) is 13.9 Å². The highest BCUT2D eigenvalue weighted by atomic mass is 79.9. The van der Waals surface area contributed by atoms with E-state index >= 15 is 0 Å². The summed E-state index contributed by atoms with van der Waals surface area (Å²) in [7, 11) is -4.16. The Morgan fingerprint density at radius 1 is 0.844 bits per heavy atom. The SMILES string of the molecule is C[C@@H](C(=O)NC1CCCC1)N(Cc1ccc(Br)cc1)C(=O)CN(c1ccc(Oc2ccccc2)cc1)S(=O)(=O)c1ccccc1. The Hall–Kier alpha value is -4.15. The van der Waals surface area contributed by atoms with Crippen LogP contribution in [0.3, 0.4) is 0 Å². The predicted octanol–water partition coefficient (Wildman–Crippen LogP) is 6.91. The molecular weight excluding hydrogens is 654 g/mol. The van der Waals surface area contributed by atoms with Gasteiger partial charge in [-0.05, 0) is 86.0 Å². The molecule has 1 N–H and O–H groups in total. The van der Waals surface area contributed by atoms with Gasteiger partial charge in [0.1, 0.15) is 24.1 Å². The molecule has 45 heavy (non-hydrogen) atoms. The lowest BCUT2D eigenvalue weighted by molar-refractivity contribution is -0.139. The molecule has 0 radical (unpaired) electrons. The van der Waals surface area contributed by atoms with Crippen molar-refractivity contribution < 1.29 is 22.7 Å². The highest BCUT2D eigenvalue weighted by Gasteiger charge is 2.33. The summed E-state index contributed by atoms with van der Waals surface area (Å²) in [6, 6.07) is 30.5. The van der Waals surface area contributed by atoms with E-state index in [1.807, 2.05) is 54.6 Å². The van der Waals surface area contributed by atoms with Crippen LogP contribution < -0.4 is 14.4 Å². The van der Waals surface area contributed by atoms with Gasteiger partial charge in [0.15, 0.2) is 0 Å². The smallest absolute Gasteiger partial charge is 0.264 e. The lowest BCUT2D eigenvalue weighted by Crippen LogP contribution is -2.52. The maximum absolute atomic E-state index is 14.2. The van der Waals surface area contributed by atoms with E-state index in [2.05, 4.69) is 21.2 Å². The second-order valence-electron chi connectivity index (χ2n) is 11.0. The molecule has 0 heterocycles. The van der Waals surface area contributed by atoms with Crippen LogP contribution in [0.15, 0.2) is 119 Å². The number of sulfonamides is 1. The monoisotopic (exact) mass is 689 g/mol. The number of halogens is 1. The first-order valence-electron chi connectivity index (χ1n) is 15.0. The van der Waals surface area contributed by atoms with E-state index in [1.54, 1.807) is 49.4 Å². The van der Waals surface area contributed by atoms with Crippen LogP contribution in [0.4, 0.5) is 5.69 Å². The first-order chi connectivity index (χ1) is 21.7. The molecule has 1 atom stereocenters. The van der Waals surface area contributed by atoms with E-state index in [0.29, 0.717) is 17.2 Å². The lowest BCUT2D eigenvalue weighted by atomic mass is 10.1. The standard InChI is InChI=1S/C35H36BrN3O5S/c1-26(35(41)37-29-10-8-9-11-29)38(24-27-16-18-28(36)19-17-27)34(40)25-39(45(42,43)33-14-6-3-7-15-33)30-20-22-32(23-21-30)44-31-12-4-2-5-13-31/h2-7,12-23,26,29H,8-11,24-25H2,1H3,(H,37,41)/t26-/m0/s1. The van der Waals surface area contributed by atoms with Crippen molar-refractivity contribution in [2.24, 2.45) is 0 Å². The highest BCUT2D eigenvalue weighted by molar-refractivity contribution is 9.10. The van der Waals surface area contributed by atoms with Gasteiger partial charge in [0.2, 0.25) is 11.8 Å². The number of nitrogens with zero attached hydrogens (tertiary/aromatic N) is 2. The molecular formula is C35H36BrN3O5S. The number of carbonyl (C=O) groups is 2. The summed E-state index contributed by atoms with van der Waals surface area (Å²) in [6.07, 6.45) is 3.93. The number of hydrogen-bond acceptors (Lipinski definition) is 5. The summed E-state index contributed by atoms with van der Waals surface area (Å²) in [5.74, 6) is 0.397. The van der Waals surface area contributed by atoms with E-state index in [4.69, 9.17) is 4.74 Å². The summed E-state index contributed by atoms with van der Waals surface area (Å²) < 4.78 is 35.9.